The minimum Gasteiger partial charge on any atom is -0.361 e. The average molecular weight is 292 g/mol. The lowest BCUT2D eigenvalue weighted by molar-refractivity contribution is 0.391. The van der Waals surface area contributed by atoms with Gasteiger partial charge < -0.3 is 9.84 Å². The molecule has 20 heavy (non-hydrogen) atoms. The Hall–Kier alpha value is -1.33. The van der Waals surface area contributed by atoms with E-state index in [-0.39, 0.29) is 11.9 Å². The smallest absolute Gasteiger partial charge is 0.138 e. The van der Waals surface area contributed by atoms with Gasteiger partial charge in [0.15, 0.2) is 0 Å². The van der Waals surface area contributed by atoms with Crippen LogP contribution in [-0.2, 0) is 6.54 Å². The first-order chi connectivity index (χ1) is 9.66. The maximum atomic E-state index is 13.8. The number of thioether (sulfide) groups is 1. The first-order valence-corrected chi connectivity index (χ1v) is 7.71. The molecule has 2 heterocycles. The average Bonchev–Trinajstić information content (AvgIpc) is 2.76. The number of hydrogen-bond donors (Lipinski definition) is 1. The Bertz CT molecular complexity index is 607. The first-order valence-electron chi connectivity index (χ1n) is 6.73. The lowest BCUT2D eigenvalue weighted by atomic mass is 10.0. The van der Waals surface area contributed by atoms with E-state index in [1.54, 1.807) is 17.8 Å². The van der Waals surface area contributed by atoms with Gasteiger partial charge in [-0.05, 0) is 37.7 Å². The molecule has 1 N–H and O–H groups in total. The van der Waals surface area contributed by atoms with Crippen molar-refractivity contribution < 1.29 is 8.91 Å². The maximum Gasteiger partial charge on any atom is 0.138 e. The van der Waals surface area contributed by atoms with Crippen molar-refractivity contribution in [2.75, 3.05) is 5.75 Å². The molecule has 1 aliphatic rings. The molecule has 3 rings (SSSR count). The molecule has 0 amide bonds. The second-order valence-electron chi connectivity index (χ2n) is 5.03. The third-order valence-corrected chi connectivity index (χ3v) is 4.89. The summed E-state index contributed by atoms with van der Waals surface area (Å²) in [4.78, 5) is 0.787. The Morgan fingerprint density at radius 2 is 2.30 bits per heavy atom. The van der Waals surface area contributed by atoms with E-state index in [2.05, 4.69) is 10.5 Å². The molecule has 1 aliphatic heterocycles. The third-order valence-electron chi connectivity index (χ3n) is 3.73. The van der Waals surface area contributed by atoms with Crippen LogP contribution < -0.4 is 5.32 Å². The highest BCUT2D eigenvalue weighted by atomic mass is 32.2. The summed E-state index contributed by atoms with van der Waals surface area (Å²) in [5.74, 6) is 1.67. The summed E-state index contributed by atoms with van der Waals surface area (Å²) in [6.07, 6.45) is 1.00. The molecular weight excluding hydrogens is 275 g/mol. The number of rotatable bonds is 3. The molecule has 0 spiro atoms. The lowest BCUT2D eigenvalue weighted by Gasteiger charge is -2.26. The predicted molar refractivity (Wildman–Crippen MR) is 77.3 cm³/mol. The molecule has 0 fully saturated rings. The number of nitrogens with zero attached hydrogens (tertiary/aromatic N) is 1. The number of hydrogen-bond acceptors (Lipinski definition) is 4. The van der Waals surface area contributed by atoms with E-state index in [0.29, 0.717) is 6.54 Å². The number of nitrogens with one attached hydrogen (secondary N) is 1. The molecule has 0 radical (unpaired) electrons. The van der Waals surface area contributed by atoms with Gasteiger partial charge in [-0.25, -0.2) is 4.39 Å². The zero-order valence-corrected chi connectivity index (χ0v) is 12.4. The van der Waals surface area contributed by atoms with Gasteiger partial charge in [-0.2, -0.15) is 0 Å². The fraction of sp³-hybridized carbons (Fsp3) is 0.400. The fourth-order valence-corrected chi connectivity index (χ4v) is 3.72. The SMILES string of the molecule is Cc1noc(C)c1CN[C@H]1CCSc2c(F)cccc21. The molecule has 106 valence electrons. The Kier molecular flexibility index (Phi) is 3.81. The number of fused-ring (bicyclic) bond motifs is 1. The Labute approximate surface area is 121 Å². The maximum absolute atomic E-state index is 13.8. The van der Waals surface area contributed by atoms with E-state index in [9.17, 15) is 4.39 Å². The molecule has 3 nitrogen and oxygen atoms in total. The van der Waals surface area contributed by atoms with Gasteiger partial charge in [0.25, 0.3) is 0 Å². The van der Waals surface area contributed by atoms with Gasteiger partial charge in [0.2, 0.25) is 0 Å². The van der Waals surface area contributed by atoms with Crippen molar-refractivity contribution in [2.24, 2.45) is 0 Å². The van der Waals surface area contributed by atoms with Gasteiger partial charge in [0.1, 0.15) is 11.6 Å². The van der Waals surface area contributed by atoms with Crippen LogP contribution in [0.25, 0.3) is 0 Å². The first kappa shape index (κ1) is 13.6. The van der Waals surface area contributed by atoms with Crippen LogP contribution in [-0.4, -0.2) is 10.9 Å². The highest BCUT2D eigenvalue weighted by Gasteiger charge is 2.23. The normalized spacial score (nSPS) is 18.1. The third kappa shape index (κ3) is 2.47. The predicted octanol–water partition coefficient (Wildman–Crippen LogP) is 3.76. The summed E-state index contributed by atoms with van der Waals surface area (Å²) in [5.41, 5.74) is 3.08. The van der Waals surface area contributed by atoms with Crippen molar-refractivity contribution in [2.45, 2.75) is 37.8 Å². The summed E-state index contributed by atoms with van der Waals surface area (Å²) in [7, 11) is 0. The minimum atomic E-state index is -0.115. The summed E-state index contributed by atoms with van der Waals surface area (Å²) in [5, 5.41) is 7.47. The van der Waals surface area contributed by atoms with Gasteiger partial charge in [0.05, 0.1) is 5.69 Å². The van der Waals surface area contributed by atoms with Gasteiger partial charge in [-0.15, -0.1) is 11.8 Å². The Balaban J connectivity index is 1.79. The van der Waals surface area contributed by atoms with Crippen molar-refractivity contribution in [3.63, 3.8) is 0 Å². The summed E-state index contributed by atoms with van der Waals surface area (Å²) < 4.78 is 19.0. The second-order valence-corrected chi connectivity index (χ2v) is 6.14. The number of benzene rings is 1. The van der Waals surface area contributed by atoms with E-state index < -0.39 is 0 Å². The molecule has 0 bridgehead atoms. The zero-order valence-electron chi connectivity index (χ0n) is 11.6. The Morgan fingerprint density at radius 3 is 3.05 bits per heavy atom. The van der Waals surface area contributed by atoms with Crippen molar-refractivity contribution in [3.8, 4) is 0 Å². The van der Waals surface area contributed by atoms with E-state index in [4.69, 9.17) is 4.52 Å². The second kappa shape index (κ2) is 5.58. The molecule has 2 aromatic rings. The Morgan fingerprint density at radius 1 is 1.45 bits per heavy atom. The molecular formula is C15H17FN2OS. The van der Waals surface area contributed by atoms with Crippen LogP contribution in [0.5, 0.6) is 0 Å². The molecule has 1 aromatic carbocycles. The number of aromatic nitrogens is 1. The zero-order chi connectivity index (χ0) is 14.1. The highest BCUT2D eigenvalue weighted by molar-refractivity contribution is 7.99. The van der Waals surface area contributed by atoms with E-state index >= 15 is 0 Å². The summed E-state index contributed by atoms with van der Waals surface area (Å²) in [6.45, 7) is 4.56. The highest BCUT2D eigenvalue weighted by Crippen LogP contribution is 2.37. The number of aryl methyl sites for hydroxylation is 2. The molecule has 5 heteroatoms. The largest absolute Gasteiger partial charge is 0.361 e. The molecule has 1 atom stereocenters. The number of halogens is 1. The molecule has 0 aliphatic carbocycles. The standard InChI is InChI=1S/C15H17FN2OS/c1-9-12(10(2)19-18-9)8-17-14-6-7-20-15-11(14)4-3-5-13(15)16/h3-5,14,17H,6-8H2,1-2H3/t14-/m0/s1. The van der Waals surface area contributed by atoms with E-state index in [1.165, 1.54) is 6.07 Å². The fourth-order valence-electron chi connectivity index (χ4n) is 2.58. The van der Waals surface area contributed by atoms with Gasteiger partial charge >= 0.3 is 0 Å². The van der Waals surface area contributed by atoms with Crippen LogP contribution in [0.15, 0.2) is 27.6 Å². The molecule has 0 saturated carbocycles. The van der Waals surface area contributed by atoms with Crippen LogP contribution in [0.1, 0.15) is 35.0 Å². The molecule has 1 aromatic heterocycles. The van der Waals surface area contributed by atoms with Crippen LogP contribution in [0, 0.1) is 19.7 Å². The van der Waals surface area contributed by atoms with Crippen molar-refractivity contribution in [1.29, 1.82) is 0 Å². The van der Waals surface area contributed by atoms with Crippen LogP contribution in [0.3, 0.4) is 0 Å². The monoisotopic (exact) mass is 292 g/mol. The molecule has 0 unspecified atom stereocenters. The van der Waals surface area contributed by atoms with E-state index in [0.717, 1.165) is 39.7 Å². The summed E-state index contributed by atoms with van der Waals surface area (Å²) in [6, 6.07) is 5.51. The van der Waals surface area contributed by atoms with Gasteiger partial charge in [-0.1, -0.05) is 17.3 Å². The van der Waals surface area contributed by atoms with E-state index in [1.807, 2.05) is 19.9 Å². The minimum absolute atomic E-state index is 0.115. The van der Waals surface area contributed by atoms with Crippen LogP contribution in [0.2, 0.25) is 0 Å². The topological polar surface area (TPSA) is 38.1 Å². The van der Waals surface area contributed by atoms with Crippen LogP contribution in [0.4, 0.5) is 4.39 Å². The molecule has 0 saturated heterocycles. The summed E-state index contributed by atoms with van der Waals surface area (Å²) >= 11 is 1.60. The van der Waals surface area contributed by atoms with Crippen molar-refractivity contribution in [3.05, 3.63) is 46.6 Å². The van der Waals surface area contributed by atoms with Crippen molar-refractivity contribution in [1.82, 2.24) is 10.5 Å². The van der Waals surface area contributed by atoms with Gasteiger partial charge in [0, 0.05) is 23.0 Å². The van der Waals surface area contributed by atoms with Gasteiger partial charge in [-0.3, -0.25) is 0 Å². The van der Waals surface area contributed by atoms with Crippen LogP contribution >= 0.6 is 11.8 Å². The van der Waals surface area contributed by atoms with Crippen molar-refractivity contribution >= 4 is 11.8 Å². The lowest BCUT2D eigenvalue weighted by Crippen LogP contribution is -2.25. The quantitative estimate of drug-likeness (QED) is 0.935.